The molecule has 19 heavy (non-hydrogen) atoms. The van der Waals surface area contributed by atoms with Gasteiger partial charge >= 0.3 is 0 Å². The standard InChI is InChI=1S/C15H21N3O/c1-8-7-9(2)12(15(19-6)10(8)3)14-13(16)11(4)18(5)17-14/h7H,16H2,1-6H3. The molecule has 4 nitrogen and oxygen atoms in total. The Morgan fingerprint density at radius 1 is 1.16 bits per heavy atom. The van der Waals surface area contributed by atoms with E-state index in [4.69, 9.17) is 10.5 Å². The number of aromatic nitrogens is 2. The molecule has 2 N–H and O–H groups in total. The molecule has 0 saturated carbocycles. The average Bonchev–Trinajstić information content (AvgIpc) is 2.61. The predicted octanol–water partition coefficient (Wildman–Crippen LogP) is 2.91. The molecule has 0 amide bonds. The molecule has 0 aliphatic heterocycles. The van der Waals surface area contributed by atoms with E-state index in [1.54, 1.807) is 11.8 Å². The van der Waals surface area contributed by atoms with Crippen molar-refractivity contribution in [3.05, 3.63) is 28.5 Å². The number of ether oxygens (including phenoxy) is 1. The van der Waals surface area contributed by atoms with Crippen LogP contribution in [0.2, 0.25) is 0 Å². The summed E-state index contributed by atoms with van der Waals surface area (Å²) in [6, 6.07) is 2.15. The molecule has 0 radical (unpaired) electrons. The number of nitrogen functional groups attached to an aromatic ring is 1. The fraction of sp³-hybridized carbons (Fsp3) is 0.400. The number of methoxy groups -OCH3 is 1. The van der Waals surface area contributed by atoms with Crippen LogP contribution in [0, 0.1) is 27.7 Å². The first-order valence-corrected chi connectivity index (χ1v) is 6.32. The quantitative estimate of drug-likeness (QED) is 0.902. The summed E-state index contributed by atoms with van der Waals surface area (Å²) in [5.41, 5.74) is 13.1. The maximum atomic E-state index is 6.18. The van der Waals surface area contributed by atoms with Crippen molar-refractivity contribution in [2.75, 3.05) is 12.8 Å². The summed E-state index contributed by atoms with van der Waals surface area (Å²) < 4.78 is 7.40. The molecule has 102 valence electrons. The molecule has 0 fully saturated rings. The minimum absolute atomic E-state index is 0.715. The van der Waals surface area contributed by atoms with Crippen LogP contribution in [0.1, 0.15) is 22.4 Å². The number of hydrogen-bond donors (Lipinski definition) is 1. The molecular weight excluding hydrogens is 238 g/mol. The van der Waals surface area contributed by atoms with Crippen molar-refractivity contribution in [3.8, 4) is 17.0 Å². The Kier molecular flexibility index (Phi) is 3.27. The second kappa shape index (κ2) is 4.61. The molecule has 0 aliphatic carbocycles. The lowest BCUT2D eigenvalue weighted by atomic mass is 9.96. The first-order chi connectivity index (χ1) is 8.88. The number of anilines is 1. The third-order valence-corrected chi connectivity index (χ3v) is 3.81. The van der Waals surface area contributed by atoms with Gasteiger partial charge in [0, 0.05) is 12.6 Å². The number of nitrogens with zero attached hydrogens (tertiary/aromatic N) is 2. The third kappa shape index (κ3) is 1.97. The molecule has 0 bridgehead atoms. The highest BCUT2D eigenvalue weighted by molar-refractivity contribution is 5.82. The van der Waals surface area contributed by atoms with Crippen LogP contribution in [-0.2, 0) is 7.05 Å². The van der Waals surface area contributed by atoms with Gasteiger partial charge in [0.1, 0.15) is 11.4 Å². The van der Waals surface area contributed by atoms with Crippen LogP contribution in [0.25, 0.3) is 11.3 Å². The summed E-state index contributed by atoms with van der Waals surface area (Å²) in [5, 5.41) is 4.53. The number of rotatable bonds is 2. The van der Waals surface area contributed by atoms with E-state index in [1.165, 1.54) is 5.56 Å². The van der Waals surface area contributed by atoms with Gasteiger partial charge in [-0.15, -0.1) is 0 Å². The molecule has 1 heterocycles. The first-order valence-electron chi connectivity index (χ1n) is 6.32. The third-order valence-electron chi connectivity index (χ3n) is 3.81. The number of nitrogens with two attached hydrogens (primary N) is 1. The van der Waals surface area contributed by atoms with Gasteiger partial charge in [-0.1, -0.05) is 6.07 Å². The lowest BCUT2D eigenvalue weighted by molar-refractivity contribution is 0.412. The molecular formula is C15H21N3O. The molecule has 4 heteroatoms. The maximum Gasteiger partial charge on any atom is 0.131 e. The van der Waals surface area contributed by atoms with Gasteiger partial charge in [-0.2, -0.15) is 5.10 Å². The normalized spacial score (nSPS) is 10.8. The largest absolute Gasteiger partial charge is 0.496 e. The second-order valence-electron chi connectivity index (χ2n) is 5.01. The highest BCUT2D eigenvalue weighted by Crippen LogP contribution is 2.40. The Morgan fingerprint density at radius 3 is 2.26 bits per heavy atom. The van der Waals surface area contributed by atoms with Gasteiger partial charge < -0.3 is 10.5 Å². The highest BCUT2D eigenvalue weighted by atomic mass is 16.5. The smallest absolute Gasteiger partial charge is 0.131 e. The summed E-state index contributed by atoms with van der Waals surface area (Å²) >= 11 is 0. The van der Waals surface area contributed by atoms with Crippen molar-refractivity contribution in [2.24, 2.45) is 7.05 Å². The van der Waals surface area contributed by atoms with E-state index in [9.17, 15) is 0 Å². The van der Waals surface area contributed by atoms with E-state index in [0.29, 0.717) is 5.69 Å². The minimum atomic E-state index is 0.715. The predicted molar refractivity (Wildman–Crippen MR) is 78.6 cm³/mol. The van der Waals surface area contributed by atoms with Crippen molar-refractivity contribution in [3.63, 3.8) is 0 Å². The molecule has 0 aliphatic rings. The molecule has 0 unspecified atom stereocenters. The maximum absolute atomic E-state index is 6.18. The van der Waals surface area contributed by atoms with E-state index in [-0.39, 0.29) is 0 Å². The summed E-state index contributed by atoms with van der Waals surface area (Å²) in [6.07, 6.45) is 0. The van der Waals surface area contributed by atoms with Crippen molar-refractivity contribution >= 4 is 5.69 Å². The van der Waals surface area contributed by atoms with Crippen LogP contribution in [0.5, 0.6) is 5.75 Å². The number of benzene rings is 1. The van der Waals surface area contributed by atoms with Crippen LogP contribution < -0.4 is 10.5 Å². The molecule has 0 atom stereocenters. The van der Waals surface area contributed by atoms with Crippen LogP contribution in [-0.4, -0.2) is 16.9 Å². The second-order valence-corrected chi connectivity index (χ2v) is 5.01. The van der Waals surface area contributed by atoms with Gasteiger partial charge in [0.2, 0.25) is 0 Å². The molecule has 2 rings (SSSR count). The summed E-state index contributed by atoms with van der Waals surface area (Å²) in [4.78, 5) is 0. The van der Waals surface area contributed by atoms with Gasteiger partial charge in [0.25, 0.3) is 0 Å². The van der Waals surface area contributed by atoms with E-state index in [2.05, 4.69) is 31.9 Å². The van der Waals surface area contributed by atoms with Crippen LogP contribution >= 0.6 is 0 Å². The molecule has 0 saturated heterocycles. The lowest BCUT2D eigenvalue weighted by Gasteiger charge is -2.15. The molecule has 1 aromatic carbocycles. The van der Waals surface area contributed by atoms with Gasteiger partial charge in [-0.05, 0) is 44.4 Å². The van der Waals surface area contributed by atoms with Gasteiger partial charge in [0.05, 0.1) is 18.5 Å². The number of aryl methyl sites for hydroxylation is 3. The zero-order valence-electron chi connectivity index (χ0n) is 12.5. The van der Waals surface area contributed by atoms with E-state index < -0.39 is 0 Å². The average molecular weight is 259 g/mol. The number of hydrogen-bond acceptors (Lipinski definition) is 3. The highest BCUT2D eigenvalue weighted by Gasteiger charge is 2.20. The van der Waals surface area contributed by atoms with E-state index >= 15 is 0 Å². The van der Waals surface area contributed by atoms with E-state index in [0.717, 1.165) is 33.8 Å². The fourth-order valence-corrected chi connectivity index (χ4v) is 2.41. The van der Waals surface area contributed by atoms with Gasteiger partial charge in [-0.3, -0.25) is 4.68 Å². The van der Waals surface area contributed by atoms with Crippen molar-refractivity contribution in [1.29, 1.82) is 0 Å². The Balaban J connectivity index is 2.82. The van der Waals surface area contributed by atoms with E-state index in [1.807, 2.05) is 14.0 Å². The van der Waals surface area contributed by atoms with Crippen LogP contribution in [0.15, 0.2) is 6.07 Å². The molecule has 0 spiro atoms. The van der Waals surface area contributed by atoms with Crippen molar-refractivity contribution < 1.29 is 4.74 Å². The van der Waals surface area contributed by atoms with Crippen LogP contribution in [0.4, 0.5) is 5.69 Å². The van der Waals surface area contributed by atoms with Gasteiger partial charge in [-0.25, -0.2) is 0 Å². The topological polar surface area (TPSA) is 53.1 Å². The Morgan fingerprint density at radius 2 is 1.79 bits per heavy atom. The lowest BCUT2D eigenvalue weighted by Crippen LogP contribution is -1.99. The Bertz CT molecular complexity index is 642. The SMILES string of the molecule is COc1c(C)c(C)cc(C)c1-c1nn(C)c(C)c1N. The van der Waals surface area contributed by atoms with Gasteiger partial charge in [0.15, 0.2) is 0 Å². The van der Waals surface area contributed by atoms with Crippen LogP contribution in [0.3, 0.4) is 0 Å². The fourth-order valence-electron chi connectivity index (χ4n) is 2.41. The zero-order chi connectivity index (χ0) is 14.3. The summed E-state index contributed by atoms with van der Waals surface area (Å²) in [6.45, 7) is 8.17. The van der Waals surface area contributed by atoms with Crippen molar-refractivity contribution in [1.82, 2.24) is 9.78 Å². The summed E-state index contributed by atoms with van der Waals surface area (Å²) in [5.74, 6) is 0.863. The first kappa shape index (κ1) is 13.5. The molecule has 1 aromatic heterocycles. The minimum Gasteiger partial charge on any atom is -0.496 e. The molecule has 2 aromatic rings. The monoisotopic (exact) mass is 259 g/mol. The Hall–Kier alpha value is -1.97. The Labute approximate surface area is 114 Å². The zero-order valence-corrected chi connectivity index (χ0v) is 12.5. The van der Waals surface area contributed by atoms with Crippen molar-refractivity contribution in [2.45, 2.75) is 27.7 Å². The summed E-state index contributed by atoms with van der Waals surface area (Å²) in [7, 11) is 3.59.